The van der Waals surface area contributed by atoms with Gasteiger partial charge in [0.25, 0.3) is 0 Å². The van der Waals surface area contributed by atoms with Crippen LogP contribution in [0.4, 0.5) is 5.69 Å². The normalized spacial score (nSPS) is 21.4. The molecule has 0 atom stereocenters. The zero-order valence-corrected chi connectivity index (χ0v) is 18.6. The Morgan fingerprint density at radius 3 is 2.55 bits per heavy atom. The molecule has 5 nitrogen and oxygen atoms in total. The Morgan fingerprint density at radius 1 is 1.21 bits per heavy atom. The van der Waals surface area contributed by atoms with Gasteiger partial charge in [0, 0.05) is 17.0 Å². The molecule has 0 aliphatic carbocycles. The first-order chi connectivity index (χ1) is 13.8. The van der Waals surface area contributed by atoms with Crippen LogP contribution in [0.5, 0.6) is 0 Å². The Labute approximate surface area is 176 Å². The van der Waals surface area contributed by atoms with Crippen molar-refractivity contribution in [2.45, 2.75) is 65.6 Å². The average molecular weight is 403 g/mol. The maximum atomic E-state index is 12.0. The van der Waals surface area contributed by atoms with Crippen molar-refractivity contribution in [2.75, 3.05) is 38.2 Å². The number of hydrogen-bond donors (Lipinski definition) is 1. The summed E-state index contributed by atoms with van der Waals surface area (Å²) in [6, 6.07) is 8.39. The van der Waals surface area contributed by atoms with Crippen LogP contribution in [0, 0.1) is 11.3 Å². The van der Waals surface area contributed by atoms with Crippen molar-refractivity contribution in [2.24, 2.45) is 11.3 Å². The van der Waals surface area contributed by atoms with Crippen LogP contribution in [-0.2, 0) is 14.3 Å². The first-order valence-electron chi connectivity index (χ1n) is 11.2. The number of piperidine rings is 1. The van der Waals surface area contributed by atoms with Gasteiger partial charge in [0.2, 0.25) is 5.91 Å². The molecular weight excluding hydrogens is 364 g/mol. The summed E-state index contributed by atoms with van der Waals surface area (Å²) in [6.45, 7) is 13.2. The highest BCUT2D eigenvalue weighted by molar-refractivity contribution is 5.92. The molecule has 1 aromatic carbocycles. The first kappa shape index (κ1) is 22.3. The molecule has 1 aromatic rings. The second-order valence-corrected chi connectivity index (χ2v) is 9.74. The lowest BCUT2D eigenvalue weighted by atomic mass is 9.89. The van der Waals surface area contributed by atoms with Gasteiger partial charge in [-0.25, -0.2) is 0 Å². The zero-order valence-electron chi connectivity index (χ0n) is 18.6. The number of amides is 1. The monoisotopic (exact) mass is 402 g/mol. The molecule has 0 radical (unpaired) electrons. The number of benzene rings is 1. The van der Waals surface area contributed by atoms with E-state index in [1.165, 1.54) is 18.4 Å². The van der Waals surface area contributed by atoms with E-state index in [9.17, 15) is 4.79 Å². The number of nitrogens with one attached hydrogen (secondary N) is 1. The summed E-state index contributed by atoms with van der Waals surface area (Å²) in [5, 5.41) is 3.02. The number of rotatable bonds is 7. The number of carbonyl (C=O) groups excluding carboxylic acids is 1. The molecule has 2 heterocycles. The first-order valence-corrected chi connectivity index (χ1v) is 11.2. The van der Waals surface area contributed by atoms with Crippen LogP contribution in [0.25, 0.3) is 0 Å². The van der Waals surface area contributed by atoms with E-state index >= 15 is 0 Å². The number of carbonyl (C=O) groups is 1. The molecule has 0 bridgehead atoms. The Morgan fingerprint density at radius 2 is 1.90 bits per heavy atom. The molecule has 5 heteroatoms. The number of ether oxygens (including phenoxy) is 2. The van der Waals surface area contributed by atoms with Crippen molar-refractivity contribution >= 4 is 11.6 Å². The summed E-state index contributed by atoms with van der Waals surface area (Å²) in [4.78, 5) is 14.5. The molecule has 0 saturated carbocycles. The van der Waals surface area contributed by atoms with Gasteiger partial charge < -0.3 is 19.7 Å². The zero-order chi connectivity index (χ0) is 20.9. The summed E-state index contributed by atoms with van der Waals surface area (Å²) in [5.41, 5.74) is 2.41. The highest BCUT2D eigenvalue weighted by Gasteiger charge is 2.28. The topological polar surface area (TPSA) is 50.8 Å². The fourth-order valence-corrected chi connectivity index (χ4v) is 4.02. The van der Waals surface area contributed by atoms with Crippen LogP contribution in [-0.4, -0.2) is 49.9 Å². The van der Waals surface area contributed by atoms with Crippen molar-refractivity contribution in [1.29, 1.82) is 0 Å². The van der Waals surface area contributed by atoms with E-state index in [4.69, 9.17) is 9.47 Å². The van der Waals surface area contributed by atoms with E-state index < -0.39 is 0 Å². The molecular formula is C24H38N2O3. The second kappa shape index (κ2) is 10.1. The van der Waals surface area contributed by atoms with Gasteiger partial charge in [-0.2, -0.15) is 0 Å². The molecule has 1 amide bonds. The van der Waals surface area contributed by atoms with E-state index in [-0.39, 0.29) is 23.5 Å². The second-order valence-electron chi connectivity index (χ2n) is 9.74. The third kappa shape index (κ3) is 6.80. The minimum atomic E-state index is -0.0237. The van der Waals surface area contributed by atoms with Crippen LogP contribution < -0.4 is 5.32 Å². The third-order valence-electron chi connectivity index (χ3n) is 5.97. The summed E-state index contributed by atoms with van der Waals surface area (Å²) in [6.07, 6.45) is 4.42. The van der Waals surface area contributed by atoms with Gasteiger partial charge in [0.15, 0.2) is 6.29 Å². The maximum absolute atomic E-state index is 12.0. The fourth-order valence-electron chi connectivity index (χ4n) is 4.02. The number of hydrogen-bond acceptors (Lipinski definition) is 4. The SMILES string of the molecule is CC(C)C(=O)Nc1cccc(C2CCN(CCCC3OCC(C)(C)CO3)CC2)c1. The van der Waals surface area contributed by atoms with Crippen LogP contribution >= 0.6 is 0 Å². The summed E-state index contributed by atoms with van der Waals surface area (Å²) in [5.74, 6) is 0.652. The molecule has 2 aliphatic heterocycles. The molecule has 29 heavy (non-hydrogen) atoms. The van der Waals surface area contributed by atoms with Gasteiger partial charge in [-0.15, -0.1) is 0 Å². The molecule has 3 rings (SSSR count). The Bertz CT molecular complexity index is 656. The summed E-state index contributed by atoms with van der Waals surface area (Å²) >= 11 is 0. The van der Waals surface area contributed by atoms with E-state index in [2.05, 4.69) is 42.3 Å². The van der Waals surface area contributed by atoms with Crippen molar-refractivity contribution < 1.29 is 14.3 Å². The highest BCUT2D eigenvalue weighted by atomic mass is 16.7. The standard InChI is InChI=1S/C24H38N2O3/c1-18(2)23(27)25-21-8-5-7-20(15-21)19-10-13-26(14-11-19)12-6-9-22-28-16-24(3,4)17-29-22/h5,7-8,15,18-19,22H,6,9-14,16-17H2,1-4H3,(H,25,27). The summed E-state index contributed by atoms with van der Waals surface area (Å²) in [7, 11) is 0. The van der Waals surface area contributed by atoms with Gasteiger partial charge in [-0.05, 0) is 68.9 Å². The van der Waals surface area contributed by atoms with E-state index in [0.717, 1.165) is 51.4 Å². The Kier molecular flexibility index (Phi) is 7.72. The van der Waals surface area contributed by atoms with Crippen molar-refractivity contribution in [3.8, 4) is 0 Å². The number of nitrogens with zero attached hydrogens (tertiary/aromatic N) is 1. The molecule has 0 unspecified atom stereocenters. The molecule has 0 spiro atoms. The Balaban J connectivity index is 1.39. The highest BCUT2D eigenvalue weighted by Crippen LogP contribution is 2.30. The predicted molar refractivity (Wildman–Crippen MR) is 117 cm³/mol. The van der Waals surface area contributed by atoms with E-state index in [1.54, 1.807) is 0 Å². The molecule has 162 valence electrons. The minimum Gasteiger partial charge on any atom is -0.352 e. The fraction of sp³-hybridized carbons (Fsp3) is 0.708. The largest absolute Gasteiger partial charge is 0.352 e. The molecule has 1 N–H and O–H groups in total. The average Bonchev–Trinajstić information content (AvgIpc) is 2.70. The molecule has 0 aromatic heterocycles. The third-order valence-corrected chi connectivity index (χ3v) is 5.97. The van der Waals surface area contributed by atoms with Gasteiger partial charge in [-0.3, -0.25) is 4.79 Å². The lowest BCUT2D eigenvalue weighted by Crippen LogP contribution is -2.38. The summed E-state index contributed by atoms with van der Waals surface area (Å²) < 4.78 is 11.7. The number of likely N-dealkylation sites (tertiary alicyclic amines) is 1. The maximum Gasteiger partial charge on any atom is 0.226 e. The van der Waals surface area contributed by atoms with Gasteiger partial charge >= 0.3 is 0 Å². The van der Waals surface area contributed by atoms with Crippen LogP contribution in [0.2, 0.25) is 0 Å². The lowest BCUT2D eigenvalue weighted by molar-refractivity contribution is -0.224. The van der Waals surface area contributed by atoms with Crippen molar-refractivity contribution in [3.63, 3.8) is 0 Å². The van der Waals surface area contributed by atoms with Crippen LogP contribution in [0.1, 0.15) is 64.9 Å². The van der Waals surface area contributed by atoms with Crippen LogP contribution in [0.15, 0.2) is 24.3 Å². The van der Waals surface area contributed by atoms with Gasteiger partial charge in [0.1, 0.15) is 0 Å². The molecule has 2 aliphatic rings. The predicted octanol–water partition coefficient (Wildman–Crippen LogP) is 4.64. The van der Waals surface area contributed by atoms with Crippen LogP contribution in [0.3, 0.4) is 0 Å². The Hall–Kier alpha value is -1.43. The lowest BCUT2D eigenvalue weighted by Gasteiger charge is -2.35. The quantitative estimate of drug-likeness (QED) is 0.722. The van der Waals surface area contributed by atoms with Crippen molar-refractivity contribution in [3.05, 3.63) is 29.8 Å². The minimum absolute atomic E-state index is 0.00204. The smallest absolute Gasteiger partial charge is 0.226 e. The number of anilines is 1. The molecule has 2 fully saturated rings. The molecule has 2 saturated heterocycles. The van der Waals surface area contributed by atoms with E-state index in [0.29, 0.717) is 5.92 Å². The van der Waals surface area contributed by atoms with Gasteiger partial charge in [0.05, 0.1) is 13.2 Å². The van der Waals surface area contributed by atoms with Gasteiger partial charge in [-0.1, -0.05) is 39.8 Å². The van der Waals surface area contributed by atoms with Crippen molar-refractivity contribution in [1.82, 2.24) is 4.90 Å². The van der Waals surface area contributed by atoms with E-state index in [1.807, 2.05) is 19.9 Å².